The zero-order valence-corrected chi connectivity index (χ0v) is 15.6. The molecule has 1 aliphatic rings. The molecule has 0 saturated heterocycles. The van der Waals surface area contributed by atoms with E-state index in [1.165, 1.54) is 6.07 Å². The van der Waals surface area contributed by atoms with Crippen LogP contribution in [0.2, 0.25) is 5.02 Å². The third kappa shape index (κ3) is 3.70. The van der Waals surface area contributed by atoms with Crippen molar-refractivity contribution in [3.05, 3.63) is 71.3 Å². The van der Waals surface area contributed by atoms with Gasteiger partial charge in [0.05, 0.1) is 10.6 Å². The van der Waals surface area contributed by atoms with Crippen LogP contribution in [-0.2, 0) is 6.61 Å². The van der Waals surface area contributed by atoms with Gasteiger partial charge in [0.1, 0.15) is 24.0 Å². The topological polar surface area (TPSA) is 53.1 Å². The molecule has 0 amide bonds. The van der Waals surface area contributed by atoms with E-state index in [4.69, 9.17) is 22.1 Å². The second-order valence-corrected chi connectivity index (χ2v) is 7.28. The summed E-state index contributed by atoms with van der Waals surface area (Å²) in [4.78, 5) is 4.55. The van der Waals surface area contributed by atoms with Crippen molar-refractivity contribution in [1.82, 2.24) is 9.55 Å². The van der Waals surface area contributed by atoms with Crippen LogP contribution < -0.4 is 10.5 Å². The lowest BCUT2D eigenvalue weighted by atomic mass is 10.1. The van der Waals surface area contributed by atoms with Crippen LogP contribution in [-0.4, -0.2) is 15.6 Å². The van der Waals surface area contributed by atoms with Gasteiger partial charge in [0, 0.05) is 30.0 Å². The van der Waals surface area contributed by atoms with Gasteiger partial charge < -0.3 is 15.0 Å². The number of halogens is 2. The van der Waals surface area contributed by atoms with Gasteiger partial charge in [-0.25, -0.2) is 9.37 Å². The third-order valence-electron chi connectivity index (χ3n) is 5.07. The fourth-order valence-corrected chi connectivity index (χ4v) is 3.88. The highest BCUT2D eigenvalue weighted by atomic mass is 35.5. The van der Waals surface area contributed by atoms with Crippen LogP contribution in [0.25, 0.3) is 11.4 Å². The SMILES string of the molecule is N[C@H]1CC[C@@H](n2ccnc2-c2ccccc2OCc2c(F)cccc2Cl)C1. The van der Waals surface area contributed by atoms with Crippen LogP contribution in [0.4, 0.5) is 4.39 Å². The van der Waals surface area contributed by atoms with Gasteiger partial charge in [0.2, 0.25) is 0 Å². The van der Waals surface area contributed by atoms with E-state index in [0.717, 1.165) is 30.7 Å². The average molecular weight is 386 g/mol. The first kappa shape index (κ1) is 18.0. The summed E-state index contributed by atoms with van der Waals surface area (Å²) < 4.78 is 22.2. The molecule has 1 fully saturated rings. The Labute approximate surface area is 162 Å². The predicted molar refractivity (Wildman–Crippen MR) is 104 cm³/mol. The van der Waals surface area contributed by atoms with Crippen molar-refractivity contribution in [2.75, 3.05) is 0 Å². The van der Waals surface area contributed by atoms with Crippen molar-refractivity contribution in [1.29, 1.82) is 0 Å². The van der Waals surface area contributed by atoms with Crippen LogP contribution in [0, 0.1) is 5.82 Å². The Balaban J connectivity index is 1.62. The number of imidazole rings is 1. The molecule has 0 bridgehead atoms. The molecule has 2 atom stereocenters. The average Bonchev–Trinajstić information content (AvgIpc) is 3.30. The van der Waals surface area contributed by atoms with Gasteiger partial charge in [-0.15, -0.1) is 0 Å². The summed E-state index contributed by atoms with van der Waals surface area (Å²) in [5, 5.41) is 0.355. The first-order valence-electron chi connectivity index (χ1n) is 9.07. The maximum Gasteiger partial charge on any atom is 0.143 e. The lowest BCUT2D eigenvalue weighted by molar-refractivity contribution is 0.301. The van der Waals surface area contributed by atoms with Crippen molar-refractivity contribution >= 4 is 11.6 Å². The summed E-state index contributed by atoms with van der Waals surface area (Å²) in [6, 6.07) is 12.9. The third-order valence-corrected chi connectivity index (χ3v) is 5.42. The molecule has 4 rings (SSSR count). The van der Waals surface area contributed by atoms with E-state index >= 15 is 0 Å². The van der Waals surface area contributed by atoms with Crippen LogP contribution in [0.1, 0.15) is 30.9 Å². The molecule has 2 N–H and O–H groups in total. The molecule has 0 unspecified atom stereocenters. The van der Waals surface area contributed by atoms with Gasteiger partial charge in [-0.2, -0.15) is 0 Å². The first-order valence-corrected chi connectivity index (χ1v) is 9.45. The highest BCUT2D eigenvalue weighted by Gasteiger charge is 2.25. The summed E-state index contributed by atoms with van der Waals surface area (Å²) in [6.45, 7) is 0.0531. The molecule has 6 heteroatoms. The van der Waals surface area contributed by atoms with Crippen molar-refractivity contribution in [2.45, 2.75) is 38.0 Å². The largest absolute Gasteiger partial charge is 0.488 e. The molecule has 0 spiro atoms. The number of hydrogen-bond donors (Lipinski definition) is 1. The summed E-state index contributed by atoms with van der Waals surface area (Å²) in [5.41, 5.74) is 7.30. The molecular formula is C21H21ClFN3O. The normalized spacial score (nSPS) is 19.4. The number of rotatable bonds is 5. The number of nitrogens with zero attached hydrogens (tertiary/aromatic N) is 2. The molecule has 3 aromatic rings. The summed E-state index contributed by atoms with van der Waals surface area (Å²) >= 11 is 6.11. The number of para-hydroxylation sites is 1. The molecule has 0 radical (unpaired) electrons. The van der Waals surface area contributed by atoms with Crippen LogP contribution in [0.3, 0.4) is 0 Å². The van der Waals surface area contributed by atoms with Gasteiger partial charge in [-0.3, -0.25) is 0 Å². The minimum Gasteiger partial charge on any atom is -0.488 e. The van der Waals surface area contributed by atoms with E-state index in [-0.39, 0.29) is 18.5 Å². The standard InChI is InChI=1S/C21H21ClFN3O/c22-18-5-3-6-19(23)17(18)13-27-20-7-2-1-4-16(20)21-25-10-11-26(21)15-9-8-14(24)12-15/h1-7,10-11,14-15H,8-9,12-13,24H2/t14-,15+/m0/s1. The lowest BCUT2D eigenvalue weighted by Gasteiger charge is -2.17. The second kappa shape index (κ2) is 7.71. The number of nitrogens with two attached hydrogens (primary N) is 1. The molecular weight excluding hydrogens is 365 g/mol. The smallest absolute Gasteiger partial charge is 0.143 e. The number of benzene rings is 2. The Morgan fingerprint density at radius 3 is 2.81 bits per heavy atom. The van der Waals surface area contributed by atoms with Gasteiger partial charge in [0.15, 0.2) is 0 Å². The predicted octanol–water partition coefficient (Wildman–Crippen LogP) is 4.97. The highest BCUT2D eigenvalue weighted by molar-refractivity contribution is 6.31. The van der Waals surface area contributed by atoms with E-state index in [1.807, 2.05) is 30.5 Å². The van der Waals surface area contributed by atoms with Gasteiger partial charge in [-0.05, 0) is 43.5 Å². The molecule has 1 aromatic heterocycles. The zero-order chi connectivity index (χ0) is 18.8. The van der Waals surface area contributed by atoms with Crippen LogP contribution in [0.15, 0.2) is 54.9 Å². The van der Waals surface area contributed by atoms with E-state index in [9.17, 15) is 4.39 Å². The Hall–Kier alpha value is -2.37. The number of ether oxygens (including phenoxy) is 1. The van der Waals surface area contributed by atoms with Crippen LogP contribution >= 0.6 is 11.6 Å². The number of aromatic nitrogens is 2. The van der Waals surface area contributed by atoms with Crippen molar-refractivity contribution in [2.24, 2.45) is 5.73 Å². The van der Waals surface area contributed by atoms with E-state index in [1.54, 1.807) is 18.3 Å². The molecule has 140 valence electrons. The molecule has 27 heavy (non-hydrogen) atoms. The number of hydrogen-bond acceptors (Lipinski definition) is 3. The maximum absolute atomic E-state index is 14.0. The van der Waals surface area contributed by atoms with Crippen molar-refractivity contribution < 1.29 is 9.13 Å². The minimum absolute atomic E-state index is 0.0531. The molecule has 1 heterocycles. The summed E-state index contributed by atoms with van der Waals surface area (Å²) in [7, 11) is 0. The van der Waals surface area contributed by atoms with Crippen molar-refractivity contribution in [3.63, 3.8) is 0 Å². The highest BCUT2D eigenvalue weighted by Crippen LogP contribution is 2.36. The van der Waals surface area contributed by atoms with Crippen molar-refractivity contribution in [3.8, 4) is 17.1 Å². The zero-order valence-electron chi connectivity index (χ0n) is 14.8. The van der Waals surface area contributed by atoms with Gasteiger partial charge >= 0.3 is 0 Å². The quantitative estimate of drug-likeness (QED) is 0.674. The van der Waals surface area contributed by atoms with E-state index < -0.39 is 0 Å². The second-order valence-electron chi connectivity index (χ2n) is 6.87. The Bertz CT molecular complexity index is 922. The Kier molecular flexibility index (Phi) is 5.14. The van der Waals surface area contributed by atoms with Gasteiger partial charge in [0.25, 0.3) is 0 Å². The van der Waals surface area contributed by atoms with Gasteiger partial charge in [-0.1, -0.05) is 29.8 Å². The fourth-order valence-electron chi connectivity index (χ4n) is 3.66. The molecule has 1 saturated carbocycles. The molecule has 1 aliphatic carbocycles. The molecule has 0 aliphatic heterocycles. The van der Waals surface area contributed by atoms with E-state index in [2.05, 4.69) is 9.55 Å². The van der Waals surface area contributed by atoms with E-state index in [0.29, 0.717) is 22.4 Å². The molecule has 2 aromatic carbocycles. The maximum atomic E-state index is 14.0. The Morgan fingerprint density at radius 2 is 2.04 bits per heavy atom. The monoisotopic (exact) mass is 385 g/mol. The lowest BCUT2D eigenvalue weighted by Crippen LogP contribution is -2.16. The summed E-state index contributed by atoms with van der Waals surface area (Å²) in [6.07, 6.45) is 6.79. The summed E-state index contributed by atoms with van der Waals surface area (Å²) in [5.74, 6) is 1.11. The van der Waals surface area contributed by atoms with Crippen LogP contribution in [0.5, 0.6) is 5.75 Å². The Morgan fingerprint density at radius 1 is 1.19 bits per heavy atom. The molecule has 4 nitrogen and oxygen atoms in total. The minimum atomic E-state index is -0.374. The fraction of sp³-hybridized carbons (Fsp3) is 0.286. The first-order chi connectivity index (χ1) is 13.1.